The van der Waals surface area contributed by atoms with Crippen LogP contribution < -0.4 is 10.6 Å². The number of hydrogen-bond donors (Lipinski definition) is 2. The number of anilines is 2. The van der Waals surface area contributed by atoms with Gasteiger partial charge in [0.15, 0.2) is 0 Å². The summed E-state index contributed by atoms with van der Waals surface area (Å²) in [6.07, 6.45) is 6.06. The van der Waals surface area contributed by atoms with Crippen LogP contribution in [0.5, 0.6) is 0 Å². The molecule has 3 aromatic heterocycles. The molecule has 26 heavy (non-hydrogen) atoms. The van der Waals surface area contributed by atoms with Crippen LogP contribution in [-0.4, -0.2) is 65.3 Å². The van der Waals surface area contributed by atoms with E-state index in [0.29, 0.717) is 11.9 Å². The number of H-pyrrole nitrogens is 1. The first-order chi connectivity index (χ1) is 12.8. The van der Waals surface area contributed by atoms with E-state index in [2.05, 4.69) is 30.8 Å². The van der Waals surface area contributed by atoms with E-state index in [1.54, 1.807) is 6.20 Å². The zero-order chi connectivity index (χ0) is 17.5. The van der Waals surface area contributed by atoms with Crippen LogP contribution in [0.2, 0.25) is 0 Å². The fourth-order valence-electron chi connectivity index (χ4n) is 4.40. The van der Waals surface area contributed by atoms with Crippen LogP contribution in [0.3, 0.4) is 0 Å². The summed E-state index contributed by atoms with van der Waals surface area (Å²) in [6.45, 7) is 6.01. The van der Waals surface area contributed by atoms with Crippen molar-refractivity contribution in [3.05, 3.63) is 24.5 Å². The van der Waals surface area contributed by atoms with E-state index in [4.69, 9.17) is 10.5 Å². The van der Waals surface area contributed by atoms with Crippen molar-refractivity contribution in [2.24, 2.45) is 0 Å². The van der Waals surface area contributed by atoms with Crippen molar-refractivity contribution in [1.82, 2.24) is 19.9 Å². The monoisotopic (exact) mass is 352 g/mol. The van der Waals surface area contributed by atoms with Crippen LogP contribution in [0.25, 0.3) is 21.9 Å². The number of nitrogen functional groups attached to an aromatic ring is 1. The molecular weight excluding hydrogens is 328 g/mol. The zero-order valence-corrected chi connectivity index (χ0v) is 14.8. The van der Waals surface area contributed by atoms with Crippen molar-refractivity contribution in [3.63, 3.8) is 0 Å². The number of ether oxygens (including phenoxy) is 1. The predicted octanol–water partition coefficient (Wildman–Crippen LogP) is 1.99. The Morgan fingerprint density at radius 3 is 2.73 bits per heavy atom. The molecule has 0 amide bonds. The molecule has 0 aliphatic carbocycles. The molecule has 3 aromatic rings. The lowest BCUT2D eigenvalue weighted by atomic mass is 10.0. The minimum absolute atomic E-state index is 0.541. The van der Waals surface area contributed by atoms with E-state index in [-0.39, 0.29) is 0 Å². The molecule has 0 unspecified atom stereocenters. The molecule has 2 saturated heterocycles. The molecule has 2 aliphatic heterocycles. The van der Waals surface area contributed by atoms with Crippen LogP contribution in [0.15, 0.2) is 24.5 Å². The predicted molar refractivity (Wildman–Crippen MR) is 103 cm³/mol. The Morgan fingerprint density at radius 1 is 1.12 bits per heavy atom. The molecule has 5 heterocycles. The van der Waals surface area contributed by atoms with Gasteiger partial charge in [-0.1, -0.05) is 0 Å². The van der Waals surface area contributed by atoms with Gasteiger partial charge in [0.05, 0.1) is 30.3 Å². The molecule has 0 spiro atoms. The maximum Gasteiger partial charge on any atom is 0.140 e. The summed E-state index contributed by atoms with van der Waals surface area (Å²) in [7, 11) is 0. The molecule has 3 N–H and O–H groups in total. The molecular formula is C19H24N6O. The minimum atomic E-state index is 0.541. The summed E-state index contributed by atoms with van der Waals surface area (Å²) in [4.78, 5) is 17.2. The number of nitrogens with one attached hydrogen (secondary N) is 1. The van der Waals surface area contributed by atoms with Crippen LogP contribution in [0.1, 0.15) is 12.8 Å². The van der Waals surface area contributed by atoms with Gasteiger partial charge in [0.2, 0.25) is 0 Å². The van der Waals surface area contributed by atoms with E-state index in [1.165, 1.54) is 18.5 Å². The molecule has 7 heteroatoms. The van der Waals surface area contributed by atoms with Crippen LogP contribution in [-0.2, 0) is 4.74 Å². The third-order valence-corrected chi connectivity index (χ3v) is 5.74. The first-order valence-corrected chi connectivity index (χ1v) is 9.38. The molecule has 0 aromatic carbocycles. The van der Waals surface area contributed by atoms with Crippen LogP contribution in [0, 0.1) is 0 Å². The summed E-state index contributed by atoms with van der Waals surface area (Å²) < 4.78 is 5.49. The molecule has 0 bridgehead atoms. The summed E-state index contributed by atoms with van der Waals surface area (Å²) in [5.74, 6) is 0.541. The molecule has 136 valence electrons. The molecule has 2 fully saturated rings. The highest BCUT2D eigenvalue weighted by Gasteiger charge is 2.27. The number of hydrogen-bond acceptors (Lipinski definition) is 6. The third kappa shape index (κ3) is 2.68. The molecule has 0 saturated carbocycles. The van der Waals surface area contributed by atoms with E-state index in [1.807, 2.05) is 12.3 Å². The zero-order valence-electron chi connectivity index (χ0n) is 14.8. The fraction of sp³-hybridized carbons (Fsp3) is 0.474. The highest BCUT2D eigenvalue weighted by Crippen LogP contribution is 2.34. The Hall–Kier alpha value is -2.38. The van der Waals surface area contributed by atoms with Crippen molar-refractivity contribution < 1.29 is 4.74 Å². The second-order valence-corrected chi connectivity index (χ2v) is 7.20. The summed E-state index contributed by atoms with van der Waals surface area (Å²) in [6, 6.07) is 4.75. The number of nitrogens with two attached hydrogens (primary N) is 1. The van der Waals surface area contributed by atoms with Gasteiger partial charge in [-0.05, 0) is 25.0 Å². The van der Waals surface area contributed by atoms with E-state index in [9.17, 15) is 0 Å². The standard InChI is InChI=1S/C19H24N6O/c20-17-11-14-15(12-22-17)23-19-18(14)16(1-4-21-19)25-5-2-13(3-6-25)24-7-9-26-10-8-24/h1,4,11-13H,2-3,5-10H2,(H2,20,22)(H,21,23). The van der Waals surface area contributed by atoms with E-state index >= 15 is 0 Å². The summed E-state index contributed by atoms with van der Waals surface area (Å²) in [5, 5.41) is 2.26. The number of pyridine rings is 2. The van der Waals surface area contributed by atoms with Crippen molar-refractivity contribution in [2.45, 2.75) is 18.9 Å². The summed E-state index contributed by atoms with van der Waals surface area (Å²) >= 11 is 0. The van der Waals surface area contributed by atoms with Gasteiger partial charge in [0.25, 0.3) is 0 Å². The number of aromatic nitrogens is 3. The fourth-order valence-corrected chi connectivity index (χ4v) is 4.40. The Morgan fingerprint density at radius 2 is 1.92 bits per heavy atom. The lowest BCUT2D eigenvalue weighted by Gasteiger charge is -2.41. The Kier molecular flexibility index (Phi) is 3.90. The second kappa shape index (κ2) is 6.41. The maximum atomic E-state index is 5.93. The number of rotatable bonds is 2. The second-order valence-electron chi connectivity index (χ2n) is 7.20. The van der Waals surface area contributed by atoms with Crippen molar-refractivity contribution in [1.29, 1.82) is 0 Å². The van der Waals surface area contributed by atoms with E-state index in [0.717, 1.165) is 61.3 Å². The SMILES string of the molecule is Nc1cc2c(cn1)[nH]c1nccc(N3CCC(N4CCOCC4)CC3)c12. The average molecular weight is 352 g/mol. The van der Waals surface area contributed by atoms with Gasteiger partial charge < -0.3 is 20.4 Å². The van der Waals surface area contributed by atoms with Crippen molar-refractivity contribution in [2.75, 3.05) is 50.0 Å². The highest BCUT2D eigenvalue weighted by atomic mass is 16.5. The number of piperidine rings is 1. The lowest BCUT2D eigenvalue weighted by Crippen LogP contribution is -2.49. The highest BCUT2D eigenvalue weighted by molar-refractivity contribution is 6.12. The Labute approximate surface area is 152 Å². The molecule has 0 atom stereocenters. The van der Waals surface area contributed by atoms with Gasteiger partial charge in [-0.3, -0.25) is 4.90 Å². The number of aromatic amines is 1. The molecule has 0 radical (unpaired) electrons. The van der Waals surface area contributed by atoms with Gasteiger partial charge in [0.1, 0.15) is 11.5 Å². The van der Waals surface area contributed by atoms with Crippen molar-refractivity contribution >= 4 is 33.4 Å². The maximum absolute atomic E-state index is 5.93. The quantitative estimate of drug-likeness (QED) is 0.734. The van der Waals surface area contributed by atoms with Gasteiger partial charge in [-0.2, -0.15) is 0 Å². The number of fused-ring (bicyclic) bond motifs is 3. The molecule has 5 rings (SSSR count). The summed E-state index contributed by atoms with van der Waals surface area (Å²) in [5.41, 5.74) is 9.06. The minimum Gasteiger partial charge on any atom is -0.384 e. The first-order valence-electron chi connectivity index (χ1n) is 9.38. The Bertz CT molecular complexity index is 924. The molecule has 2 aliphatic rings. The number of nitrogens with zero attached hydrogens (tertiary/aromatic N) is 4. The van der Waals surface area contributed by atoms with E-state index < -0.39 is 0 Å². The van der Waals surface area contributed by atoms with Crippen LogP contribution >= 0.6 is 0 Å². The smallest absolute Gasteiger partial charge is 0.140 e. The third-order valence-electron chi connectivity index (χ3n) is 5.74. The molecule has 7 nitrogen and oxygen atoms in total. The first kappa shape index (κ1) is 15.8. The van der Waals surface area contributed by atoms with Gasteiger partial charge >= 0.3 is 0 Å². The Balaban J connectivity index is 1.44. The normalized spacial score (nSPS) is 20.2. The van der Waals surface area contributed by atoms with Crippen molar-refractivity contribution in [3.8, 4) is 0 Å². The van der Waals surface area contributed by atoms with Crippen LogP contribution in [0.4, 0.5) is 11.5 Å². The van der Waals surface area contributed by atoms with Gasteiger partial charge in [-0.15, -0.1) is 0 Å². The lowest BCUT2D eigenvalue weighted by molar-refractivity contribution is 0.0115. The van der Waals surface area contributed by atoms with Gasteiger partial charge in [-0.25, -0.2) is 9.97 Å². The van der Waals surface area contributed by atoms with Gasteiger partial charge in [0, 0.05) is 49.5 Å². The largest absolute Gasteiger partial charge is 0.384 e. The average Bonchev–Trinajstić information content (AvgIpc) is 3.07. The number of morpholine rings is 1. The topological polar surface area (TPSA) is 83.3 Å².